The second-order valence-electron chi connectivity index (χ2n) is 3.55. The van der Waals surface area contributed by atoms with Crippen LogP contribution in [0.4, 0.5) is 10.2 Å². The summed E-state index contributed by atoms with van der Waals surface area (Å²) in [5, 5.41) is 9.68. The van der Waals surface area contributed by atoms with E-state index in [1.807, 2.05) is 12.3 Å². The smallest absolute Gasteiger partial charge is 0.189 e. The van der Waals surface area contributed by atoms with E-state index in [9.17, 15) is 9.65 Å². The number of thioether (sulfide) groups is 1. The third-order valence-electron chi connectivity index (χ3n) is 2.44. The molecule has 1 aromatic heterocycles. The van der Waals surface area contributed by atoms with Crippen LogP contribution in [0.2, 0.25) is 0 Å². The van der Waals surface area contributed by atoms with Crippen LogP contribution in [0, 0.1) is 17.1 Å². The number of hydrazine groups is 1. The van der Waals surface area contributed by atoms with Crippen LogP contribution in [0.25, 0.3) is 11.3 Å². The van der Waals surface area contributed by atoms with Crippen LogP contribution >= 0.6 is 11.8 Å². The highest BCUT2D eigenvalue weighted by Crippen LogP contribution is 2.27. The lowest BCUT2D eigenvalue weighted by molar-refractivity contribution is 0.628. The Morgan fingerprint density at radius 1 is 1.32 bits per heavy atom. The van der Waals surface area contributed by atoms with E-state index in [1.165, 1.54) is 23.9 Å². The van der Waals surface area contributed by atoms with Gasteiger partial charge < -0.3 is 5.43 Å². The lowest BCUT2D eigenvalue weighted by Crippen LogP contribution is -2.12. The summed E-state index contributed by atoms with van der Waals surface area (Å²) in [6.45, 7) is 0. The number of hydrogen-bond donors (Lipinski definition) is 2. The van der Waals surface area contributed by atoms with Gasteiger partial charge >= 0.3 is 0 Å². The molecule has 0 amide bonds. The molecule has 3 N–H and O–H groups in total. The number of aromatic nitrogens is 2. The van der Waals surface area contributed by atoms with Crippen molar-refractivity contribution >= 4 is 17.6 Å². The van der Waals surface area contributed by atoms with Crippen LogP contribution in [0.5, 0.6) is 0 Å². The Labute approximate surface area is 113 Å². The van der Waals surface area contributed by atoms with Crippen molar-refractivity contribution in [3.8, 4) is 17.3 Å². The van der Waals surface area contributed by atoms with Crippen LogP contribution in [0.1, 0.15) is 5.56 Å². The van der Waals surface area contributed by atoms with Crippen molar-refractivity contribution in [2.45, 2.75) is 5.16 Å². The summed E-state index contributed by atoms with van der Waals surface area (Å²) in [5.41, 5.74) is 3.67. The van der Waals surface area contributed by atoms with Crippen molar-refractivity contribution in [1.82, 2.24) is 9.97 Å². The first kappa shape index (κ1) is 13.3. The van der Waals surface area contributed by atoms with E-state index in [-0.39, 0.29) is 17.2 Å². The summed E-state index contributed by atoms with van der Waals surface area (Å²) in [7, 11) is 0. The molecule has 0 aliphatic heterocycles. The van der Waals surface area contributed by atoms with Crippen LogP contribution < -0.4 is 11.3 Å². The van der Waals surface area contributed by atoms with Crippen molar-refractivity contribution in [2.75, 3.05) is 11.7 Å². The molecule has 0 fully saturated rings. The number of nitriles is 1. The van der Waals surface area contributed by atoms with E-state index >= 15 is 0 Å². The average molecular weight is 275 g/mol. The van der Waals surface area contributed by atoms with Gasteiger partial charge in [0, 0.05) is 5.56 Å². The van der Waals surface area contributed by atoms with E-state index in [0.717, 1.165) is 0 Å². The number of benzene rings is 1. The molecule has 7 heteroatoms. The molecule has 0 unspecified atom stereocenters. The zero-order valence-corrected chi connectivity index (χ0v) is 10.8. The Morgan fingerprint density at radius 3 is 2.53 bits per heavy atom. The number of rotatable bonds is 3. The molecule has 1 heterocycles. The molecular formula is C12H10FN5S. The van der Waals surface area contributed by atoms with Gasteiger partial charge in [-0.15, -0.1) is 0 Å². The Hall–Kier alpha value is -2.17. The molecule has 0 atom stereocenters. The highest BCUT2D eigenvalue weighted by atomic mass is 32.2. The zero-order valence-electron chi connectivity index (χ0n) is 10.0. The fourth-order valence-corrected chi connectivity index (χ4v) is 1.92. The molecule has 0 saturated carbocycles. The topological polar surface area (TPSA) is 87.6 Å². The average Bonchev–Trinajstić information content (AvgIpc) is 2.46. The summed E-state index contributed by atoms with van der Waals surface area (Å²) in [5.74, 6) is 5.26. The maximum atomic E-state index is 12.9. The van der Waals surface area contributed by atoms with Gasteiger partial charge in [0.2, 0.25) is 0 Å². The zero-order chi connectivity index (χ0) is 13.8. The summed E-state index contributed by atoms with van der Waals surface area (Å²) in [6.07, 6.45) is 1.82. The predicted molar refractivity (Wildman–Crippen MR) is 71.7 cm³/mol. The first-order valence-electron chi connectivity index (χ1n) is 5.28. The maximum Gasteiger partial charge on any atom is 0.189 e. The summed E-state index contributed by atoms with van der Waals surface area (Å²) in [6, 6.07) is 7.75. The second-order valence-corrected chi connectivity index (χ2v) is 4.32. The van der Waals surface area contributed by atoms with Gasteiger partial charge in [0.15, 0.2) is 11.0 Å². The second kappa shape index (κ2) is 5.65. The molecule has 19 heavy (non-hydrogen) atoms. The molecule has 0 bridgehead atoms. The molecule has 0 spiro atoms. The molecule has 5 nitrogen and oxygen atoms in total. The molecular weight excluding hydrogens is 265 g/mol. The minimum Gasteiger partial charge on any atom is -0.307 e. The van der Waals surface area contributed by atoms with Crippen molar-refractivity contribution in [1.29, 1.82) is 5.26 Å². The van der Waals surface area contributed by atoms with Gasteiger partial charge in [-0.2, -0.15) is 5.26 Å². The maximum absolute atomic E-state index is 12.9. The highest BCUT2D eigenvalue weighted by Gasteiger charge is 2.15. The van der Waals surface area contributed by atoms with E-state index in [0.29, 0.717) is 16.4 Å². The number of nitrogens with zero attached hydrogens (tertiary/aromatic N) is 3. The van der Waals surface area contributed by atoms with Crippen LogP contribution in [0.3, 0.4) is 0 Å². The fourth-order valence-electron chi connectivity index (χ4n) is 1.56. The lowest BCUT2D eigenvalue weighted by atomic mass is 10.1. The number of halogens is 1. The molecule has 2 rings (SSSR count). The molecule has 1 aromatic carbocycles. The summed E-state index contributed by atoms with van der Waals surface area (Å²) >= 11 is 1.33. The molecule has 0 aliphatic rings. The fraction of sp³-hybridized carbons (Fsp3) is 0.0833. The van der Waals surface area contributed by atoms with E-state index in [2.05, 4.69) is 15.4 Å². The van der Waals surface area contributed by atoms with Crippen LogP contribution in [-0.4, -0.2) is 16.2 Å². The van der Waals surface area contributed by atoms with Gasteiger partial charge in [-0.1, -0.05) is 11.8 Å². The van der Waals surface area contributed by atoms with Crippen molar-refractivity contribution in [3.63, 3.8) is 0 Å². The first-order chi connectivity index (χ1) is 9.19. The minimum absolute atomic E-state index is 0.229. The third-order valence-corrected chi connectivity index (χ3v) is 2.98. The Balaban J connectivity index is 2.67. The minimum atomic E-state index is -0.349. The molecule has 96 valence electrons. The standard InChI is InChI=1S/C12H10FN5S/c1-19-12-16-10(7-2-4-8(13)5-3-7)9(6-14)11(17-12)18-15/h2-5H,15H2,1H3,(H,16,17,18). The van der Waals surface area contributed by atoms with E-state index < -0.39 is 0 Å². The molecule has 2 aromatic rings. The SMILES string of the molecule is CSc1nc(NN)c(C#N)c(-c2ccc(F)cc2)n1. The molecule has 0 aliphatic carbocycles. The van der Waals surface area contributed by atoms with Gasteiger partial charge in [-0.05, 0) is 30.5 Å². The Bertz CT molecular complexity index is 636. The molecule has 0 saturated heterocycles. The molecule has 0 radical (unpaired) electrons. The highest BCUT2D eigenvalue weighted by molar-refractivity contribution is 7.98. The van der Waals surface area contributed by atoms with Gasteiger partial charge in [-0.3, -0.25) is 0 Å². The van der Waals surface area contributed by atoms with Gasteiger partial charge in [0.1, 0.15) is 17.4 Å². The van der Waals surface area contributed by atoms with E-state index in [1.54, 1.807) is 12.1 Å². The van der Waals surface area contributed by atoms with Crippen molar-refractivity contribution in [3.05, 3.63) is 35.6 Å². The van der Waals surface area contributed by atoms with Gasteiger partial charge in [-0.25, -0.2) is 20.2 Å². The number of nitrogens with two attached hydrogens (primary N) is 1. The summed E-state index contributed by atoms with van der Waals surface area (Å²) in [4.78, 5) is 8.39. The number of nitrogen functional groups attached to an aromatic ring is 1. The van der Waals surface area contributed by atoms with E-state index in [4.69, 9.17) is 5.84 Å². The van der Waals surface area contributed by atoms with Gasteiger partial charge in [0.05, 0.1) is 5.69 Å². The lowest BCUT2D eigenvalue weighted by Gasteiger charge is -2.09. The van der Waals surface area contributed by atoms with Crippen LogP contribution in [-0.2, 0) is 0 Å². The first-order valence-corrected chi connectivity index (χ1v) is 6.50. The Morgan fingerprint density at radius 2 is 2.00 bits per heavy atom. The van der Waals surface area contributed by atoms with Crippen molar-refractivity contribution in [2.24, 2.45) is 5.84 Å². The monoisotopic (exact) mass is 275 g/mol. The third kappa shape index (κ3) is 2.65. The predicted octanol–water partition coefficient (Wildman–Crippen LogP) is 2.16. The summed E-state index contributed by atoms with van der Waals surface area (Å²) < 4.78 is 12.9. The number of anilines is 1. The number of hydrogen-bond acceptors (Lipinski definition) is 6. The largest absolute Gasteiger partial charge is 0.307 e. The van der Waals surface area contributed by atoms with Gasteiger partial charge in [0.25, 0.3) is 0 Å². The quantitative estimate of drug-likeness (QED) is 0.386. The normalized spacial score (nSPS) is 10.0. The number of nitrogens with one attached hydrogen (secondary N) is 1. The van der Waals surface area contributed by atoms with Crippen molar-refractivity contribution < 1.29 is 4.39 Å². The van der Waals surface area contributed by atoms with Crippen LogP contribution in [0.15, 0.2) is 29.4 Å². The Kier molecular flexibility index (Phi) is 3.94.